The Morgan fingerprint density at radius 1 is 1.00 bits per heavy atom. The SMILES string of the molecule is C1=Cc2ccc3cccnc3c2CCC1.CC.CC. The van der Waals surface area contributed by atoms with Gasteiger partial charge in [0.2, 0.25) is 0 Å². The quantitative estimate of drug-likeness (QED) is 0.594. The van der Waals surface area contributed by atoms with E-state index in [9.17, 15) is 0 Å². The van der Waals surface area contributed by atoms with Crippen molar-refractivity contribution >= 4 is 17.0 Å². The van der Waals surface area contributed by atoms with E-state index in [0.29, 0.717) is 0 Å². The average Bonchev–Trinajstić information content (AvgIpc) is 2.77. The molecule has 0 aliphatic heterocycles. The number of fused-ring (bicyclic) bond motifs is 3. The van der Waals surface area contributed by atoms with Crippen LogP contribution < -0.4 is 0 Å². The summed E-state index contributed by atoms with van der Waals surface area (Å²) in [6.45, 7) is 8.00. The summed E-state index contributed by atoms with van der Waals surface area (Å²) >= 11 is 0. The molecule has 102 valence electrons. The van der Waals surface area contributed by atoms with Gasteiger partial charge in [0.25, 0.3) is 0 Å². The van der Waals surface area contributed by atoms with Gasteiger partial charge in [0, 0.05) is 11.6 Å². The fraction of sp³-hybridized carbons (Fsp3) is 0.389. The molecule has 0 atom stereocenters. The van der Waals surface area contributed by atoms with Gasteiger partial charge in [-0.25, -0.2) is 0 Å². The van der Waals surface area contributed by atoms with Gasteiger partial charge in [0.15, 0.2) is 0 Å². The molecule has 0 radical (unpaired) electrons. The van der Waals surface area contributed by atoms with Crippen LogP contribution in [0.2, 0.25) is 0 Å². The minimum absolute atomic E-state index is 1.15. The third-order valence-electron chi connectivity index (χ3n) is 3.01. The molecule has 1 aromatic carbocycles. The zero-order chi connectivity index (χ0) is 14.1. The summed E-state index contributed by atoms with van der Waals surface area (Å²) in [5.74, 6) is 0. The number of rotatable bonds is 0. The van der Waals surface area contributed by atoms with E-state index in [1.807, 2.05) is 40.0 Å². The maximum Gasteiger partial charge on any atom is 0.0739 e. The highest BCUT2D eigenvalue weighted by atomic mass is 14.6. The fourth-order valence-electron chi connectivity index (χ4n) is 2.25. The second-order valence-electron chi connectivity index (χ2n) is 4.00. The van der Waals surface area contributed by atoms with E-state index in [1.54, 1.807) is 0 Å². The Morgan fingerprint density at radius 3 is 2.58 bits per heavy atom. The van der Waals surface area contributed by atoms with Crippen molar-refractivity contribution in [2.24, 2.45) is 0 Å². The normalized spacial score (nSPS) is 12.4. The molecule has 0 spiro atoms. The summed E-state index contributed by atoms with van der Waals surface area (Å²) in [6.07, 6.45) is 9.95. The number of aromatic nitrogens is 1. The predicted molar refractivity (Wildman–Crippen MR) is 86.4 cm³/mol. The fourth-order valence-corrected chi connectivity index (χ4v) is 2.25. The van der Waals surface area contributed by atoms with E-state index in [0.717, 1.165) is 6.42 Å². The number of aryl methyl sites for hydroxylation is 1. The molecule has 0 saturated heterocycles. The number of nitrogens with zero attached hydrogens (tertiary/aromatic N) is 1. The Balaban J connectivity index is 0.000000415. The van der Waals surface area contributed by atoms with Crippen LogP contribution in [0.25, 0.3) is 17.0 Å². The second kappa shape index (κ2) is 8.47. The van der Waals surface area contributed by atoms with E-state index < -0.39 is 0 Å². The van der Waals surface area contributed by atoms with Gasteiger partial charge in [-0.15, -0.1) is 0 Å². The monoisotopic (exact) mass is 255 g/mol. The zero-order valence-corrected chi connectivity index (χ0v) is 12.6. The van der Waals surface area contributed by atoms with Crippen molar-refractivity contribution in [3.05, 3.63) is 47.7 Å². The lowest BCUT2D eigenvalue weighted by atomic mass is 10.0. The number of hydrogen-bond acceptors (Lipinski definition) is 1. The van der Waals surface area contributed by atoms with Crippen molar-refractivity contribution in [2.75, 3.05) is 0 Å². The van der Waals surface area contributed by atoms with Crippen LogP contribution in [-0.2, 0) is 6.42 Å². The highest BCUT2D eigenvalue weighted by Gasteiger charge is 2.08. The van der Waals surface area contributed by atoms with Gasteiger partial charge in [-0.05, 0) is 36.5 Å². The summed E-state index contributed by atoms with van der Waals surface area (Å²) in [4.78, 5) is 4.50. The summed E-state index contributed by atoms with van der Waals surface area (Å²) < 4.78 is 0. The van der Waals surface area contributed by atoms with E-state index in [1.165, 1.54) is 34.9 Å². The molecule has 1 aromatic heterocycles. The molecule has 3 rings (SSSR count). The van der Waals surface area contributed by atoms with Gasteiger partial charge < -0.3 is 0 Å². The second-order valence-corrected chi connectivity index (χ2v) is 4.00. The van der Waals surface area contributed by atoms with Gasteiger partial charge in [-0.2, -0.15) is 0 Å². The molecule has 0 unspecified atom stereocenters. The number of hydrogen-bond donors (Lipinski definition) is 0. The van der Waals surface area contributed by atoms with Crippen molar-refractivity contribution in [3.63, 3.8) is 0 Å². The van der Waals surface area contributed by atoms with Crippen molar-refractivity contribution < 1.29 is 0 Å². The first-order valence-electron chi connectivity index (χ1n) is 7.48. The molecule has 1 heteroatoms. The van der Waals surface area contributed by atoms with Crippen molar-refractivity contribution in [2.45, 2.75) is 47.0 Å². The maximum atomic E-state index is 4.50. The van der Waals surface area contributed by atoms with Gasteiger partial charge in [-0.3, -0.25) is 4.98 Å². The van der Waals surface area contributed by atoms with Crippen molar-refractivity contribution in [1.82, 2.24) is 4.98 Å². The van der Waals surface area contributed by atoms with Crippen molar-refractivity contribution in [1.29, 1.82) is 0 Å². The van der Waals surface area contributed by atoms with Crippen LogP contribution >= 0.6 is 0 Å². The van der Waals surface area contributed by atoms with Crippen LogP contribution in [0.5, 0.6) is 0 Å². The molecule has 0 fully saturated rings. The highest BCUT2D eigenvalue weighted by Crippen LogP contribution is 2.25. The minimum atomic E-state index is 1.15. The van der Waals surface area contributed by atoms with Crippen LogP contribution in [-0.4, -0.2) is 4.98 Å². The first-order chi connectivity index (χ1) is 9.45. The molecular formula is C18H25N. The number of allylic oxidation sites excluding steroid dienone is 1. The third kappa shape index (κ3) is 3.66. The zero-order valence-electron chi connectivity index (χ0n) is 12.6. The lowest BCUT2D eigenvalue weighted by molar-refractivity contribution is 0.855. The summed E-state index contributed by atoms with van der Waals surface area (Å²) in [5.41, 5.74) is 3.95. The minimum Gasteiger partial charge on any atom is -0.256 e. The molecule has 0 N–H and O–H groups in total. The van der Waals surface area contributed by atoms with Gasteiger partial charge in [0.05, 0.1) is 5.52 Å². The standard InChI is InChI=1S/C14H13N.2C2H6/c1-2-5-11-8-9-12-6-4-10-15-14(12)13(11)7-3-1;2*1-2/h2,4-6,8-10H,1,3,7H2;2*1-2H3. The van der Waals surface area contributed by atoms with Crippen molar-refractivity contribution in [3.8, 4) is 0 Å². The maximum absolute atomic E-state index is 4.50. The van der Waals surface area contributed by atoms with Crippen LogP contribution in [0.15, 0.2) is 36.5 Å². The first kappa shape index (κ1) is 15.4. The van der Waals surface area contributed by atoms with Crippen LogP contribution in [0, 0.1) is 0 Å². The molecule has 1 aliphatic rings. The van der Waals surface area contributed by atoms with Crippen LogP contribution in [0.1, 0.15) is 51.7 Å². The number of pyridine rings is 1. The molecule has 1 heterocycles. The number of benzene rings is 1. The predicted octanol–water partition coefficient (Wildman–Crippen LogP) is 5.64. The Bertz CT molecular complexity index is 526. The summed E-state index contributed by atoms with van der Waals surface area (Å²) in [5, 5.41) is 1.26. The van der Waals surface area contributed by atoms with Gasteiger partial charge in [-0.1, -0.05) is 58.0 Å². The first-order valence-corrected chi connectivity index (χ1v) is 7.48. The average molecular weight is 255 g/mol. The topological polar surface area (TPSA) is 12.9 Å². The highest BCUT2D eigenvalue weighted by molar-refractivity contribution is 5.85. The molecule has 1 nitrogen and oxygen atoms in total. The smallest absolute Gasteiger partial charge is 0.0739 e. The van der Waals surface area contributed by atoms with E-state index in [2.05, 4.69) is 35.3 Å². The Hall–Kier alpha value is -1.63. The van der Waals surface area contributed by atoms with Crippen LogP contribution in [0.4, 0.5) is 0 Å². The Morgan fingerprint density at radius 2 is 1.79 bits per heavy atom. The lowest BCUT2D eigenvalue weighted by Crippen LogP contribution is -1.92. The third-order valence-corrected chi connectivity index (χ3v) is 3.01. The molecule has 19 heavy (non-hydrogen) atoms. The Labute approximate surface area is 117 Å². The molecule has 2 aromatic rings. The molecule has 0 saturated carbocycles. The molecule has 1 aliphatic carbocycles. The van der Waals surface area contributed by atoms with Gasteiger partial charge in [0.1, 0.15) is 0 Å². The summed E-state index contributed by atoms with van der Waals surface area (Å²) in [7, 11) is 0. The molecule has 0 bridgehead atoms. The Kier molecular flexibility index (Phi) is 6.88. The molecular weight excluding hydrogens is 230 g/mol. The van der Waals surface area contributed by atoms with E-state index >= 15 is 0 Å². The lowest BCUT2D eigenvalue weighted by Gasteiger charge is -2.07. The van der Waals surface area contributed by atoms with Crippen LogP contribution in [0.3, 0.4) is 0 Å². The molecule has 0 amide bonds. The van der Waals surface area contributed by atoms with E-state index in [-0.39, 0.29) is 0 Å². The largest absolute Gasteiger partial charge is 0.256 e. The van der Waals surface area contributed by atoms with Gasteiger partial charge >= 0.3 is 0 Å². The van der Waals surface area contributed by atoms with E-state index in [4.69, 9.17) is 0 Å². The summed E-state index contributed by atoms with van der Waals surface area (Å²) in [6, 6.07) is 8.51.